The SMILES string of the molecule is C=c1/c(=C\C(=N/C)c2ccc(C3(C)CCN(C(=O)C4=CC=C(C(=O)N5CCC(CC6=CC=CC(C)C6C(=O)N(C=O)C6CCC(=O)NC6=O)CC5)CC4)CC3)c(N(C=O)C3CC(N4CCCCC4)C3)c2)ncn1C(C)C. The number of nitrogens with one attached hydrogen (secondary N) is 1. The van der Waals surface area contributed by atoms with Crippen molar-refractivity contribution in [1.29, 1.82) is 0 Å². The van der Waals surface area contributed by atoms with Crippen LogP contribution in [0.25, 0.3) is 12.7 Å². The lowest BCUT2D eigenvalue weighted by Crippen LogP contribution is -2.55. The Labute approximate surface area is 447 Å². The topological polar surface area (TPSA) is 178 Å². The average Bonchev–Trinajstić information content (AvgIpc) is 3.79. The molecule has 16 nitrogen and oxygen atoms in total. The number of anilines is 1. The summed E-state index contributed by atoms with van der Waals surface area (Å²) in [5.74, 6) is -2.08. The summed E-state index contributed by atoms with van der Waals surface area (Å²) in [6, 6.07) is 6.19. The molecule has 4 saturated heterocycles. The largest absolute Gasteiger partial charge is 0.339 e. The van der Waals surface area contributed by atoms with Crippen LogP contribution in [0.15, 0.2) is 76.6 Å². The van der Waals surface area contributed by atoms with Crippen molar-refractivity contribution in [3.63, 3.8) is 0 Å². The first kappa shape index (κ1) is 54.2. The van der Waals surface area contributed by atoms with Crippen molar-refractivity contribution in [1.82, 2.24) is 34.5 Å². The van der Waals surface area contributed by atoms with Gasteiger partial charge in [0.1, 0.15) is 6.04 Å². The molecule has 0 radical (unpaired) electrons. The van der Waals surface area contributed by atoms with Crippen LogP contribution in [0, 0.1) is 17.8 Å². The van der Waals surface area contributed by atoms with E-state index in [-0.39, 0.29) is 54.0 Å². The molecule has 9 rings (SSSR count). The number of benzene rings is 1. The number of carbonyl (C=O) groups is 7. The lowest BCUT2D eigenvalue weighted by molar-refractivity contribution is -0.152. The van der Waals surface area contributed by atoms with Gasteiger partial charge in [0.25, 0.3) is 0 Å². The number of nitrogens with zero attached hydrogens (tertiary/aromatic N) is 8. The van der Waals surface area contributed by atoms with E-state index in [1.54, 1.807) is 7.05 Å². The molecule has 4 aliphatic heterocycles. The van der Waals surface area contributed by atoms with Crippen LogP contribution in [0.3, 0.4) is 0 Å². The summed E-state index contributed by atoms with van der Waals surface area (Å²) in [5.41, 5.74) is 5.65. The molecule has 0 bridgehead atoms. The van der Waals surface area contributed by atoms with Gasteiger partial charge in [-0.15, -0.1) is 0 Å². The zero-order chi connectivity index (χ0) is 53.8. The van der Waals surface area contributed by atoms with Crippen molar-refractivity contribution in [3.05, 3.63) is 93.5 Å². The van der Waals surface area contributed by atoms with Gasteiger partial charge in [-0.05, 0) is 139 Å². The van der Waals surface area contributed by atoms with Gasteiger partial charge in [0.15, 0.2) is 0 Å². The third-order valence-electron chi connectivity index (χ3n) is 17.8. The summed E-state index contributed by atoms with van der Waals surface area (Å²) in [6.45, 7) is 17.2. The van der Waals surface area contributed by atoms with E-state index in [4.69, 9.17) is 4.99 Å². The van der Waals surface area contributed by atoms with E-state index in [0.29, 0.717) is 69.0 Å². The molecular weight excluding hydrogens is 959 g/mol. The minimum Gasteiger partial charge on any atom is -0.339 e. The van der Waals surface area contributed by atoms with Crippen molar-refractivity contribution < 1.29 is 33.6 Å². The molecular formula is C60H77N9O7. The second-order valence-corrected chi connectivity index (χ2v) is 22.9. The summed E-state index contributed by atoms with van der Waals surface area (Å²) in [4.78, 5) is 111. The van der Waals surface area contributed by atoms with Crippen LogP contribution in [0.4, 0.5) is 5.69 Å². The zero-order valence-electron chi connectivity index (χ0n) is 45.3. The Hall–Kier alpha value is -6.55. The molecule has 2 aromatic rings. The fourth-order valence-corrected chi connectivity index (χ4v) is 12.9. The van der Waals surface area contributed by atoms with Crippen LogP contribution >= 0.6 is 0 Å². The highest BCUT2D eigenvalue weighted by atomic mass is 16.2. The Balaban J connectivity index is 0.831. The number of hydrogen-bond donors (Lipinski definition) is 1. The number of allylic oxidation sites excluding steroid dienone is 5. The van der Waals surface area contributed by atoms with Gasteiger partial charge in [0, 0.05) is 80.2 Å². The van der Waals surface area contributed by atoms with E-state index in [9.17, 15) is 33.6 Å². The Bertz CT molecular complexity index is 2870. The summed E-state index contributed by atoms with van der Waals surface area (Å²) in [5, 5.41) is 3.83. The van der Waals surface area contributed by atoms with Crippen LogP contribution in [0.5, 0.6) is 0 Å². The Morgan fingerprint density at radius 3 is 2.16 bits per heavy atom. The van der Waals surface area contributed by atoms with Gasteiger partial charge in [-0.1, -0.05) is 74.9 Å². The van der Waals surface area contributed by atoms with E-state index < -0.39 is 29.7 Å². The number of aliphatic imine (C=N–C) groups is 1. The number of imide groups is 2. The van der Waals surface area contributed by atoms with E-state index in [2.05, 4.69) is 60.7 Å². The summed E-state index contributed by atoms with van der Waals surface area (Å²) >= 11 is 0. The van der Waals surface area contributed by atoms with Crippen LogP contribution in [-0.4, -0.2) is 142 Å². The summed E-state index contributed by atoms with van der Waals surface area (Å²) < 4.78 is 2.05. The lowest BCUT2D eigenvalue weighted by atomic mass is 9.72. The number of aromatic nitrogens is 2. The quantitative estimate of drug-likeness (QED) is 0.138. The van der Waals surface area contributed by atoms with Crippen molar-refractivity contribution in [2.24, 2.45) is 22.7 Å². The molecule has 3 unspecified atom stereocenters. The van der Waals surface area contributed by atoms with Crippen LogP contribution in [-0.2, 0) is 39.0 Å². The molecule has 1 aromatic heterocycles. The minimum absolute atomic E-state index is 0.00397. The predicted octanol–water partition coefficient (Wildman–Crippen LogP) is 5.45. The minimum atomic E-state index is -1.02. The van der Waals surface area contributed by atoms with Gasteiger partial charge >= 0.3 is 0 Å². The first-order chi connectivity index (χ1) is 36.6. The number of likely N-dealkylation sites (tertiary alicyclic amines) is 3. The molecule has 16 heteroatoms. The number of hydrogen-bond acceptors (Lipinski definition) is 10. The number of piperidine rings is 4. The Kier molecular flexibility index (Phi) is 16.7. The normalized spacial score (nSPS) is 25.8. The van der Waals surface area contributed by atoms with E-state index in [1.165, 1.54) is 19.3 Å². The molecule has 1 N–H and O–H groups in total. The van der Waals surface area contributed by atoms with Gasteiger partial charge in [0.05, 0.1) is 28.7 Å². The molecule has 404 valence electrons. The standard InChI is InChI=1S/C60H77N9O7/c1-39(2)67-36-62-50(41(67)4)35-51(61-6)45-17-18-49(53(32-45)68(37-70)48-33-47(34-48)64-25-8-7-9-26-64)60(5)23-29-66(30-24-60)58(75)44-15-13-43(14-16-44)57(74)65-27-21-42(22-28-65)31-46-12-10-11-40(3)55(46)59(76)69(38-71)52-19-20-54(72)63-56(52)73/h10-13,15,17-18,32,35-40,42,47-48,52,55H,4,7-9,14,16,19-31,33-34H2,1-3,5-6H3,(H,63,72,73)/b50-35+,61-51+. The first-order valence-corrected chi connectivity index (χ1v) is 27.9. The highest BCUT2D eigenvalue weighted by Gasteiger charge is 2.43. The lowest BCUT2D eigenvalue weighted by Gasteiger charge is -2.49. The van der Waals surface area contributed by atoms with Gasteiger partial charge < -0.3 is 24.2 Å². The highest BCUT2D eigenvalue weighted by molar-refractivity contribution is 6.21. The second-order valence-electron chi connectivity index (χ2n) is 22.9. The molecule has 1 saturated carbocycles. The Morgan fingerprint density at radius 1 is 0.895 bits per heavy atom. The van der Waals surface area contributed by atoms with Crippen molar-refractivity contribution in [2.75, 3.05) is 51.2 Å². The average molecular weight is 1040 g/mol. The zero-order valence-corrected chi connectivity index (χ0v) is 45.3. The van der Waals surface area contributed by atoms with Gasteiger partial charge in [0.2, 0.25) is 42.4 Å². The number of carbonyl (C=O) groups excluding carboxylic acids is 7. The van der Waals surface area contributed by atoms with Crippen LogP contribution < -0.4 is 20.9 Å². The van der Waals surface area contributed by atoms with Crippen LogP contribution in [0.2, 0.25) is 0 Å². The summed E-state index contributed by atoms with van der Waals surface area (Å²) in [7, 11) is 1.78. The Morgan fingerprint density at radius 2 is 1.57 bits per heavy atom. The maximum absolute atomic E-state index is 14.2. The molecule has 7 aliphatic rings. The predicted molar refractivity (Wildman–Crippen MR) is 293 cm³/mol. The van der Waals surface area contributed by atoms with Crippen molar-refractivity contribution >= 4 is 66.4 Å². The van der Waals surface area contributed by atoms with Gasteiger partial charge in [-0.3, -0.25) is 48.8 Å². The van der Waals surface area contributed by atoms with Gasteiger partial charge in [-0.25, -0.2) is 4.98 Å². The monoisotopic (exact) mass is 1040 g/mol. The van der Waals surface area contributed by atoms with E-state index in [0.717, 1.165) is 102 Å². The highest BCUT2D eigenvalue weighted by Crippen LogP contribution is 2.44. The molecule has 1 aromatic carbocycles. The van der Waals surface area contributed by atoms with Crippen molar-refractivity contribution in [3.8, 4) is 0 Å². The third-order valence-corrected chi connectivity index (χ3v) is 17.8. The molecule has 3 aliphatic carbocycles. The molecule has 5 heterocycles. The number of imidazole rings is 1. The fraction of sp³-hybridized carbons (Fsp3) is 0.550. The van der Waals surface area contributed by atoms with Crippen molar-refractivity contribution in [2.45, 2.75) is 147 Å². The molecule has 76 heavy (non-hydrogen) atoms. The molecule has 5 fully saturated rings. The third kappa shape index (κ3) is 11.3. The summed E-state index contributed by atoms with van der Waals surface area (Å²) in [6.07, 6.45) is 25.0. The smallest absolute Gasteiger partial charge is 0.249 e. The fourth-order valence-electron chi connectivity index (χ4n) is 12.9. The first-order valence-electron chi connectivity index (χ1n) is 27.9. The molecule has 7 amide bonds. The molecule has 3 atom stereocenters. The van der Waals surface area contributed by atoms with E-state index in [1.807, 2.05) is 69.0 Å². The van der Waals surface area contributed by atoms with Crippen LogP contribution in [0.1, 0.15) is 135 Å². The van der Waals surface area contributed by atoms with E-state index >= 15 is 0 Å². The maximum Gasteiger partial charge on any atom is 0.249 e. The second kappa shape index (κ2) is 23.4. The van der Waals surface area contributed by atoms with Gasteiger partial charge in [-0.2, -0.15) is 0 Å². The molecule has 0 spiro atoms. The number of amides is 7. The maximum atomic E-state index is 14.2. The number of rotatable bonds is 15.